The normalized spacial score (nSPS) is 31.5. The number of aliphatic hydroxyl groups is 1. The van der Waals surface area contributed by atoms with Crippen LogP contribution < -0.4 is 0 Å². The molecule has 2 fully saturated rings. The lowest BCUT2D eigenvalue weighted by Crippen LogP contribution is -2.15. The molecule has 0 bridgehead atoms. The Morgan fingerprint density at radius 3 is 1.86 bits per heavy atom. The molecule has 0 aromatic rings. The summed E-state index contributed by atoms with van der Waals surface area (Å²) in [5.74, 6) is 3.73. The molecule has 0 spiro atoms. The summed E-state index contributed by atoms with van der Waals surface area (Å²) in [4.78, 5) is 0. The molecule has 0 amide bonds. The fourth-order valence-corrected chi connectivity index (χ4v) is 3.16. The number of ether oxygens (including phenoxy) is 2. The zero-order chi connectivity index (χ0) is 9.80. The quantitative estimate of drug-likeness (QED) is 0.626. The van der Waals surface area contributed by atoms with Crippen LogP contribution in [0.3, 0.4) is 0 Å². The third kappa shape index (κ3) is 4.89. The van der Waals surface area contributed by atoms with Gasteiger partial charge in [0.05, 0.1) is 31.5 Å². The Morgan fingerprint density at radius 1 is 1.07 bits per heavy atom. The van der Waals surface area contributed by atoms with E-state index >= 15 is 0 Å². The number of thioether (sulfide) groups is 2. The largest absolute Gasteiger partial charge is 0.391 e. The van der Waals surface area contributed by atoms with Crippen LogP contribution in [0.2, 0.25) is 0 Å². The summed E-state index contributed by atoms with van der Waals surface area (Å²) in [5.41, 5.74) is 0. The summed E-state index contributed by atoms with van der Waals surface area (Å²) >= 11 is 3.57. The van der Waals surface area contributed by atoms with Gasteiger partial charge in [-0.2, -0.15) is 23.5 Å². The van der Waals surface area contributed by atoms with Gasteiger partial charge in [0.1, 0.15) is 0 Å². The summed E-state index contributed by atoms with van der Waals surface area (Å²) in [6, 6.07) is 0. The monoisotopic (exact) mass is 236 g/mol. The van der Waals surface area contributed by atoms with Crippen molar-refractivity contribution < 1.29 is 14.6 Å². The van der Waals surface area contributed by atoms with Crippen molar-refractivity contribution in [3.8, 4) is 0 Å². The maximum atomic E-state index is 9.59. The smallest absolute Gasteiger partial charge is 0.0900 e. The van der Waals surface area contributed by atoms with Crippen molar-refractivity contribution in [3.05, 3.63) is 0 Å². The molecule has 0 aliphatic carbocycles. The van der Waals surface area contributed by atoms with Gasteiger partial charge in [-0.3, -0.25) is 0 Å². The molecule has 1 N–H and O–H groups in total. The lowest BCUT2D eigenvalue weighted by Gasteiger charge is -2.08. The average molecular weight is 236 g/mol. The van der Waals surface area contributed by atoms with E-state index in [4.69, 9.17) is 9.47 Å². The van der Waals surface area contributed by atoms with Gasteiger partial charge in [0, 0.05) is 23.0 Å². The summed E-state index contributed by atoms with van der Waals surface area (Å²) in [6.45, 7) is 1.83. The zero-order valence-electron chi connectivity index (χ0n) is 8.05. The van der Waals surface area contributed by atoms with Crippen LogP contribution in [0.1, 0.15) is 0 Å². The highest BCUT2D eigenvalue weighted by Gasteiger charge is 2.23. The van der Waals surface area contributed by atoms with Gasteiger partial charge in [-0.25, -0.2) is 0 Å². The van der Waals surface area contributed by atoms with E-state index in [0.717, 1.165) is 36.2 Å². The molecule has 2 aliphatic heterocycles. The van der Waals surface area contributed by atoms with E-state index in [1.807, 2.05) is 0 Å². The lowest BCUT2D eigenvalue weighted by atomic mass is 10.5. The van der Waals surface area contributed by atoms with Crippen molar-refractivity contribution in [2.24, 2.45) is 0 Å². The number of epoxide rings is 2. The predicted molar refractivity (Wildman–Crippen MR) is 60.1 cm³/mol. The minimum absolute atomic E-state index is 0.178. The van der Waals surface area contributed by atoms with Crippen LogP contribution in [-0.4, -0.2) is 59.6 Å². The molecule has 14 heavy (non-hydrogen) atoms. The van der Waals surface area contributed by atoms with E-state index in [1.54, 1.807) is 23.5 Å². The van der Waals surface area contributed by atoms with Crippen LogP contribution in [-0.2, 0) is 9.47 Å². The van der Waals surface area contributed by atoms with Gasteiger partial charge in [-0.05, 0) is 0 Å². The minimum atomic E-state index is -0.178. The molecular weight excluding hydrogens is 220 g/mol. The van der Waals surface area contributed by atoms with E-state index in [2.05, 4.69) is 0 Å². The third-order valence-electron chi connectivity index (χ3n) is 2.03. The highest BCUT2D eigenvalue weighted by molar-refractivity contribution is 8.00. The Morgan fingerprint density at radius 2 is 1.50 bits per heavy atom. The zero-order valence-corrected chi connectivity index (χ0v) is 9.69. The van der Waals surface area contributed by atoms with Gasteiger partial charge in [-0.15, -0.1) is 0 Å². The van der Waals surface area contributed by atoms with E-state index in [0.29, 0.717) is 12.2 Å². The second kappa shape index (κ2) is 5.61. The second-order valence-corrected chi connectivity index (χ2v) is 5.79. The Labute approximate surface area is 92.9 Å². The molecule has 5 heteroatoms. The van der Waals surface area contributed by atoms with Gasteiger partial charge in [0.25, 0.3) is 0 Å². The van der Waals surface area contributed by atoms with E-state index < -0.39 is 0 Å². The Kier molecular flexibility index (Phi) is 4.44. The van der Waals surface area contributed by atoms with Gasteiger partial charge < -0.3 is 14.6 Å². The molecule has 2 atom stereocenters. The minimum Gasteiger partial charge on any atom is -0.391 e. The molecular formula is C9H16O3S2. The number of aliphatic hydroxyl groups excluding tert-OH is 1. The van der Waals surface area contributed by atoms with Crippen LogP contribution in [0.5, 0.6) is 0 Å². The van der Waals surface area contributed by atoms with Crippen molar-refractivity contribution in [3.63, 3.8) is 0 Å². The van der Waals surface area contributed by atoms with Gasteiger partial charge in [0.15, 0.2) is 0 Å². The summed E-state index contributed by atoms with van der Waals surface area (Å²) in [5, 5.41) is 9.59. The molecule has 2 unspecified atom stereocenters. The van der Waals surface area contributed by atoms with E-state index in [-0.39, 0.29) is 6.10 Å². The average Bonchev–Trinajstić information content (AvgIpc) is 2.99. The van der Waals surface area contributed by atoms with Gasteiger partial charge >= 0.3 is 0 Å². The van der Waals surface area contributed by atoms with E-state index in [1.165, 1.54) is 0 Å². The van der Waals surface area contributed by atoms with Crippen LogP contribution in [0, 0.1) is 0 Å². The Bertz CT molecular complexity index is 153. The van der Waals surface area contributed by atoms with Crippen molar-refractivity contribution in [1.82, 2.24) is 0 Å². The first-order chi connectivity index (χ1) is 6.84. The fourth-order valence-electron chi connectivity index (χ4n) is 1.05. The second-order valence-electron chi connectivity index (χ2n) is 3.64. The van der Waals surface area contributed by atoms with Crippen molar-refractivity contribution >= 4 is 23.5 Å². The van der Waals surface area contributed by atoms with Crippen molar-refractivity contribution in [1.29, 1.82) is 0 Å². The molecule has 2 saturated heterocycles. The molecule has 0 saturated carbocycles. The fraction of sp³-hybridized carbons (Fsp3) is 1.00. The molecule has 2 rings (SSSR count). The molecule has 82 valence electrons. The standard InChI is InChI=1S/C9H16O3S2/c10-7(3-13-5-8-1-11-8)4-14-6-9-2-12-9/h7-10H,1-6H2. The molecule has 0 aromatic heterocycles. The summed E-state index contributed by atoms with van der Waals surface area (Å²) in [7, 11) is 0. The SMILES string of the molecule is OC(CSCC1CO1)CSCC1CO1. The van der Waals surface area contributed by atoms with Crippen LogP contribution in [0.4, 0.5) is 0 Å². The van der Waals surface area contributed by atoms with Crippen LogP contribution >= 0.6 is 23.5 Å². The molecule has 2 aliphatic rings. The maximum Gasteiger partial charge on any atom is 0.0900 e. The number of rotatable bonds is 8. The first-order valence-electron chi connectivity index (χ1n) is 4.91. The number of hydrogen-bond acceptors (Lipinski definition) is 5. The van der Waals surface area contributed by atoms with Gasteiger partial charge in [0.2, 0.25) is 0 Å². The number of hydrogen-bond donors (Lipinski definition) is 1. The van der Waals surface area contributed by atoms with Crippen molar-refractivity contribution in [2.75, 3.05) is 36.2 Å². The molecule has 3 nitrogen and oxygen atoms in total. The first-order valence-corrected chi connectivity index (χ1v) is 7.22. The summed E-state index contributed by atoms with van der Waals surface area (Å²) in [6.07, 6.45) is 0.766. The van der Waals surface area contributed by atoms with Crippen LogP contribution in [0.15, 0.2) is 0 Å². The predicted octanol–water partition coefficient (Wildman–Crippen LogP) is 0.611. The lowest BCUT2D eigenvalue weighted by molar-refractivity contribution is 0.225. The first kappa shape index (κ1) is 11.1. The van der Waals surface area contributed by atoms with Crippen LogP contribution in [0.25, 0.3) is 0 Å². The maximum absolute atomic E-state index is 9.59. The summed E-state index contributed by atoms with van der Waals surface area (Å²) < 4.78 is 10.2. The Hall–Kier alpha value is 0.580. The molecule has 0 aromatic carbocycles. The van der Waals surface area contributed by atoms with Crippen molar-refractivity contribution in [2.45, 2.75) is 18.3 Å². The van der Waals surface area contributed by atoms with Gasteiger partial charge in [-0.1, -0.05) is 0 Å². The third-order valence-corrected chi connectivity index (χ3v) is 4.49. The molecule has 2 heterocycles. The van der Waals surface area contributed by atoms with E-state index in [9.17, 15) is 5.11 Å². The molecule has 0 radical (unpaired) electrons. The topological polar surface area (TPSA) is 45.3 Å². The Balaban J connectivity index is 1.38. The highest BCUT2D eigenvalue weighted by atomic mass is 32.2. The highest BCUT2D eigenvalue weighted by Crippen LogP contribution is 2.19.